The molecule has 0 saturated carbocycles. The maximum atomic E-state index is 12.6. The van der Waals surface area contributed by atoms with Crippen molar-refractivity contribution >= 4 is 17.6 Å². The first-order valence-corrected chi connectivity index (χ1v) is 7.65. The third kappa shape index (κ3) is 4.23. The lowest BCUT2D eigenvalue weighted by atomic mass is 10.1. The highest BCUT2D eigenvalue weighted by Crippen LogP contribution is 2.24. The Morgan fingerprint density at radius 1 is 1.08 bits per heavy atom. The lowest BCUT2D eigenvalue weighted by Crippen LogP contribution is -2.31. The van der Waals surface area contributed by atoms with Gasteiger partial charge in [0.1, 0.15) is 0 Å². The lowest BCUT2D eigenvalue weighted by Gasteiger charge is -2.25. The number of para-hydroxylation sites is 1. The van der Waals surface area contributed by atoms with Gasteiger partial charge in [0.2, 0.25) is 5.91 Å². The fourth-order valence-corrected chi connectivity index (χ4v) is 2.45. The van der Waals surface area contributed by atoms with Gasteiger partial charge in [0, 0.05) is 12.0 Å². The minimum absolute atomic E-state index is 0.0693. The van der Waals surface area contributed by atoms with E-state index in [1.807, 2.05) is 43.3 Å². The summed E-state index contributed by atoms with van der Waals surface area (Å²) < 4.78 is 0. The minimum atomic E-state index is -0.996. The summed E-state index contributed by atoms with van der Waals surface area (Å²) in [4.78, 5) is 25.0. The second-order valence-corrected chi connectivity index (χ2v) is 5.46. The molecule has 0 fully saturated rings. The Kier molecular flexibility index (Phi) is 5.75. The van der Waals surface area contributed by atoms with Gasteiger partial charge < -0.3 is 10.0 Å². The van der Waals surface area contributed by atoms with Crippen LogP contribution >= 0.6 is 0 Å². The number of aliphatic carboxylic acids is 1. The van der Waals surface area contributed by atoms with E-state index in [0.717, 1.165) is 11.1 Å². The number of carboxylic acid groups (broad SMARTS) is 1. The number of rotatable bonds is 6. The fourth-order valence-electron chi connectivity index (χ4n) is 2.45. The van der Waals surface area contributed by atoms with Crippen LogP contribution in [0.2, 0.25) is 0 Å². The average Bonchev–Trinajstić information content (AvgIpc) is 2.59. The van der Waals surface area contributed by atoms with E-state index >= 15 is 0 Å². The molecule has 0 spiro atoms. The Hall–Kier alpha value is -3.06. The predicted octanol–water partition coefficient (Wildman–Crippen LogP) is 3.37. The minimum Gasteiger partial charge on any atom is -0.481 e. The molecule has 4 nitrogen and oxygen atoms in total. The van der Waals surface area contributed by atoms with Crippen molar-refractivity contribution < 1.29 is 14.7 Å². The average molecular weight is 321 g/mol. The van der Waals surface area contributed by atoms with Crippen LogP contribution in [0.1, 0.15) is 29.5 Å². The SMILES string of the molecule is C#Cc1ccccc1N(Cc1ccccc1C)C(=O)CCC(=O)O. The zero-order valence-corrected chi connectivity index (χ0v) is 13.5. The van der Waals surface area contributed by atoms with Crippen LogP contribution in [-0.4, -0.2) is 17.0 Å². The first kappa shape index (κ1) is 17.3. The monoisotopic (exact) mass is 321 g/mol. The van der Waals surface area contributed by atoms with E-state index in [-0.39, 0.29) is 18.7 Å². The van der Waals surface area contributed by atoms with Crippen LogP contribution in [-0.2, 0) is 16.1 Å². The number of amides is 1. The maximum Gasteiger partial charge on any atom is 0.303 e. The third-order valence-corrected chi connectivity index (χ3v) is 3.79. The molecule has 0 atom stereocenters. The molecule has 4 heteroatoms. The highest BCUT2D eigenvalue weighted by atomic mass is 16.4. The van der Waals surface area contributed by atoms with Crippen molar-refractivity contribution in [2.75, 3.05) is 4.90 Å². The van der Waals surface area contributed by atoms with Gasteiger partial charge in [-0.1, -0.05) is 42.3 Å². The van der Waals surface area contributed by atoms with Crippen LogP contribution < -0.4 is 4.90 Å². The van der Waals surface area contributed by atoms with Crippen LogP contribution in [0, 0.1) is 19.3 Å². The second kappa shape index (κ2) is 7.98. The first-order chi connectivity index (χ1) is 11.5. The van der Waals surface area contributed by atoms with Crippen LogP contribution in [0.3, 0.4) is 0 Å². The summed E-state index contributed by atoms with van der Waals surface area (Å²) in [5, 5.41) is 8.85. The number of carbonyl (C=O) groups is 2. The number of aryl methyl sites for hydroxylation is 1. The van der Waals surface area contributed by atoms with Crippen molar-refractivity contribution in [1.29, 1.82) is 0 Å². The summed E-state index contributed by atoms with van der Waals surface area (Å²) in [5.74, 6) is 1.33. The van der Waals surface area contributed by atoms with E-state index in [1.165, 1.54) is 0 Å². The van der Waals surface area contributed by atoms with E-state index in [1.54, 1.807) is 17.0 Å². The molecule has 24 heavy (non-hydrogen) atoms. The van der Waals surface area contributed by atoms with E-state index in [2.05, 4.69) is 5.92 Å². The largest absolute Gasteiger partial charge is 0.481 e. The molecule has 0 radical (unpaired) electrons. The number of hydrogen-bond acceptors (Lipinski definition) is 2. The molecular weight excluding hydrogens is 302 g/mol. The summed E-state index contributed by atoms with van der Waals surface area (Å²) in [5.41, 5.74) is 3.29. The maximum absolute atomic E-state index is 12.6. The van der Waals surface area contributed by atoms with Crippen molar-refractivity contribution in [2.24, 2.45) is 0 Å². The molecule has 2 rings (SSSR count). The van der Waals surface area contributed by atoms with Crippen LogP contribution in [0.5, 0.6) is 0 Å². The van der Waals surface area contributed by atoms with Crippen LogP contribution in [0.4, 0.5) is 5.69 Å². The highest BCUT2D eigenvalue weighted by Gasteiger charge is 2.20. The molecule has 0 aromatic heterocycles. The van der Waals surface area contributed by atoms with Gasteiger partial charge in [-0.3, -0.25) is 9.59 Å². The molecule has 0 bridgehead atoms. The zero-order chi connectivity index (χ0) is 17.5. The fraction of sp³-hybridized carbons (Fsp3) is 0.200. The number of hydrogen-bond donors (Lipinski definition) is 1. The number of carboxylic acids is 1. The van der Waals surface area contributed by atoms with Crippen molar-refractivity contribution in [3.05, 3.63) is 65.2 Å². The number of nitrogens with zero attached hydrogens (tertiary/aromatic N) is 1. The summed E-state index contributed by atoms with van der Waals surface area (Å²) in [6.07, 6.45) is 5.28. The van der Waals surface area contributed by atoms with Crippen LogP contribution in [0.15, 0.2) is 48.5 Å². The molecule has 0 heterocycles. The summed E-state index contributed by atoms with van der Waals surface area (Å²) in [6.45, 7) is 2.33. The molecule has 0 aliphatic carbocycles. The van der Waals surface area contributed by atoms with E-state index in [0.29, 0.717) is 17.8 Å². The van der Waals surface area contributed by atoms with Gasteiger partial charge in [0.25, 0.3) is 0 Å². The van der Waals surface area contributed by atoms with Crippen molar-refractivity contribution in [2.45, 2.75) is 26.3 Å². The van der Waals surface area contributed by atoms with Gasteiger partial charge in [-0.15, -0.1) is 6.42 Å². The smallest absolute Gasteiger partial charge is 0.303 e. The molecule has 0 saturated heterocycles. The van der Waals surface area contributed by atoms with Gasteiger partial charge in [-0.2, -0.15) is 0 Å². The normalized spacial score (nSPS) is 10.0. The van der Waals surface area contributed by atoms with Gasteiger partial charge in [-0.05, 0) is 30.2 Å². The first-order valence-electron chi connectivity index (χ1n) is 7.65. The topological polar surface area (TPSA) is 57.6 Å². The van der Waals surface area contributed by atoms with Gasteiger partial charge in [-0.25, -0.2) is 0 Å². The van der Waals surface area contributed by atoms with E-state index < -0.39 is 5.97 Å². The number of carbonyl (C=O) groups excluding carboxylic acids is 1. The summed E-state index contributed by atoms with van der Waals surface area (Å²) in [7, 11) is 0. The predicted molar refractivity (Wildman–Crippen MR) is 93.6 cm³/mol. The standard InChI is InChI=1S/C20H19NO3/c1-3-16-9-6-7-11-18(16)21(19(22)12-13-20(23)24)14-17-10-5-4-8-15(17)2/h1,4-11H,12-14H2,2H3,(H,23,24). The Labute approximate surface area is 141 Å². The van der Waals surface area contributed by atoms with Gasteiger partial charge in [0.05, 0.1) is 18.7 Å². The molecule has 122 valence electrons. The van der Waals surface area contributed by atoms with Gasteiger partial charge >= 0.3 is 5.97 Å². The molecule has 0 unspecified atom stereocenters. The van der Waals surface area contributed by atoms with E-state index in [9.17, 15) is 9.59 Å². The zero-order valence-electron chi connectivity index (χ0n) is 13.5. The van der Waals surface area contributed by atoms with Crippen LogP contribution in [0.25, 0.3) is 0 Å². The molecule has 2 aromatic rings. The van der Waals surface area contributed by atoms with Crippen molar-refractivity contribution in [3.8, 4) is 12.3 Å². The summed E-state index contributed by atoms with van der Waals surface area (Å²) in [6, 6.07) is 14.9. The molecule has 0 aliphatic heterocycles. The number of terminal acetylenes is 1. The lowest BCUT2D eigenvalue weighted by molar-refractivity contribution is -0.138. The Morgan fingerprint density at radius 2 is 1.75 bits per heavy atom. The quantitative estimate of drug-likeness (QED) is 0.830. The molecule has 2 aromatic carbocycles. The molecule has 0 aliphatic rings. The molecular formula is C20H19NO3. The van der Waals surface area contributed by atoms with Crippen molar-refractivity contribution in [1.82, 2.24) is 0 Å². The highest BCUT2D eigenvalue weighted by molar-refractivity contribution is 5.96. The number of benzene rings is 2. The van der Waals surface area contributed by atoms with E-state index in [4.69, 9.17) is 11.5 Å². The second-order valence-electron chi connectivity index (χ2n) is 5.46. The molecule has 1 N–H and O–H groups in total. The third-order valence-electron chi connectivity index (χ3n) is 3.79. The van der Waals surface area contributed by atoms with Gasteiger partial charge in [0.15, 0.2) is 0 Å². The Morgan fingerprint density at radius 3 is 2.42 bits per heavy atom. The van der Waals surface area contributed by atoms with Crippen molar-refractivity contribution in [3.63, 3.8) is 0 Å². The molecule has 1 amide bonds. The Balaban J connectivity index is 2.38. The number of anilines is 1. The Bertz CT molecular complexity index is 789. The summed E-state index contributed by atoms with van der Waals surface area (Å²) >= 11 is 0.